The van der Waals surface area contributed by atoms with Crippen LogP contribution in [0, 0.1) is 5.92 Å². The molecule has 0 saturated heterocycles. The number of nitrogens with one attached hydrogen (secondary N) is 1. The largest absolute Gasteiger partial charge is 0.435 e. The Labute approximate surface area is 173 Å². The van der Waals surface area contributed by atoms with Crippen molar-refractivity contribution in [2.24, 2.45) is 5.92 Å². The van der Waals surface area contributed by atoms with Crippen molar-refractivity contribution in [2.75, 3.05) is 7.05 Å². The highest BCUT2D eigenvalue weighted by molar-refractivity contribution is 6.33. The van der Waals surface area contributed by atoms with Gasteiger partial charge in [-0.05, 0) is 35.7 Å². The van der Waals surface area contributed by atoms with Gasteiger partial charge in [0.15, 0.2) is 0 Å². The minimum atomic E-state index is -2.89. The molecule has 1 unspecified atom stereocenters. The number of alkyl halides is 2. The highest BCUT2D eigenvalue weighted by atomic mass is 35.5. The van der Waals surface area contributed by atoms with Gasteiger partial charge in [-0.15, -0.1) is 0 Å². The van der Waals surface area contributed by atoms with E-state index in [4.69, 9.17) is 11.6 Å². The molecule has 1 atom stereocenters. The first-order valence-electron chi connectivity index (χ1n) is 9.03. The van der Waals surface area contributed by atoms with Gasteiger partial charge >= 0.3 is 6.61 Å². The summed E-state index contributed by atoms with van der Waals surface area (Å²) in [4.78, 5) is 26.9. The van der Waals surface area contributed by atoms with Crippen LogP contribution in [0.3, 0.4) is 0 Å². The first-order valence-corrected chi connectivity index (χ1v) is 9.41. The summed E-state index contributed by atoms with van der Waals surface area (Å²) in [5.74, 6) is -0.805. The lowest BCUT2D eigenvalue weighted by Crippen LogP contribution is -2.50. The highest BCUT2D eigenvalue weighted by Crippen LogP contribution is 2.18. The molecule has 0 radical (unpaired) electrons. The fraction of sp³-hybridized carbons (Fsp3) is 0.333. The average Bonchev–Trinajstić information content (AvgIpc) is 2.66. The third-order valence-corrected chi connectivity index (χ3v) is 4.61. The standard InChI is InChI=1S/C21H23ClF2N2O3/c1-13(2)18(25-19(27)16-6-4-5-7-17(16)22)20(28)26(3)12-14-8-10-15(11-9-14)29-21(23)24/h4-11,13,18,21H,12H2,1-3H3,(H,25,27). The molecule has 2 amide bonds. The van der Waals surface area contributed by atoms with Crippen LogP contribution in [0.25, 0.3) is 0 Å². The van der Waals surface area contributed by atoms with E-state index in [1.54, 1.807) is 43.4 Å². The summed E-state index contributed by atoms with van der Waals surface area (Å²) >= 11 is 6.06. The predicted octanol–water partition coefficient (Wildman–Crippen LogP) is 4.35. The number of nitrogens with zero attached hydrogens (tertiary/aromatic N) is 1. The van der Waals surface area contributed by atoms with Crippen LogP contribution in [0.2, 0.25) is 5.02 Å². The van der Waals surface area contributed by atoms with E-state index in [0.29, 0.717) is 10.6 Å². The molecule has 156 valence electrons. The highest BCUT2D eigenvalue weighted by Gasteiger charge is 2.28. The normalized spacial score (nSPS) is 12.0. The summed E-state index contributed by atoms with van der Waals surface area (Å²) < 4.78 is 28.8. The zero-order valence-corrected chi connectivity index (χ0v) is 17.1. The first-order chi connectivity index (χ1) is 13.7. The molecule has 0 spiro atoms. The third-order valence-electron chi connectivity index (χ3n) is 4.28. The van der Waals surface area contributed by atoms with E-state index >= 15 is 0 Å². The number of likely N-dealkylation sites (N-methyl/N-ethyl adjacent to an activating group) is 1. The number of carbonyl (C=O) groups excluding carboxylic acids is 2. The summed E-state index contributed by atoms with van der Waals surface area (Å²) in [6, 6.07) is 11.9. The number of hydrogen-bond acceptors (Lipinski definition) is 3. The zero-order valence-electron chi connectivity index (χ0n) is 16.4. The Morgan fingerprint density at radius 2 is 1.72 bits per heavy atom. The summed E-state index contributed by atoms with van der Waals surface area (Å²) in [7, 11) is 1.61. The van der Waals surface area contributed by atoms with Crippen LogP contribution in [-0.4, -0.2) is 36.4 Å². The van der Waals surface area contributed by atoms with Crippen LogP contribution in [0.4, 0.5) is 8.78 Å². The van der Waals surface area contributed by atoms with Gasteiger partial charge in [-0.25, -0.2) is 0 Å². The maximum Gasteiger partial charge on any atom is 0.387 e. The van der Waals surface area contributed by atoms with Gasteiger partial charge in [-0.3, -0.25) is 9.59 Å². The maximum atomic E-state index is 12.9. The van der Waals surface area contributed by atoms with E-state index < -0.39 is 18.6 Å². The van der Waals surface area contributed by atoms with Gasteiger partial charge in [0.2, 0.25) is 5.91 Å². The van der Waals surface area contributed by atoms with Crippen molar-refractivity contribution in [3.05, 3.63) is 64.7 Å². The molecule has 8 heteroatoms. The lowest BCUT2D eigenvalue weighted by atomic mass is 10.0. The average molecular weight is 425 g/mol. The van der Waals surface area contributed by atoms with Crippen LogP contribution in [-0.2, 0) is 11.3 Å². The molecule has 0 saturated carbocycles. The Kier molecular flexibility index (Phi) is 7.96. The van der Waals surface area contributed by atoms with E-state index in [-0.39, 0.29) is 24.1 Å². The predicted molar refractivity (Wildman–Crippen MR) is 107 cm³/mol. The van der Waals surface area contributed by atoms with Gasteiger partial charge in [0.25, 0.3) is 5.91 Å². The number of rotatable bonds is 8. The number of hydrogen-bond donors (Lipinski definition) is 1. The Morgan fingerprint density at radius 3 is 2.28 bits per heavy atom. The van der Waals surface area contributed by atoms with E-state index in [1.165, 1.54) is 17.0 Å². The van der Waals surface area contributed by atoms with Crippen molar-refractivity contribution >= 4 is 23.4 Å². The van der Waals surface area contributed by atoms with Crippen molar-refractivity contribution in [1.82, 2.24) is 10.2 Å². The van der Waals surface area contributed by atoms with E-state index in [1.807, 2.05) is 13.8 Å². The van der Waals surface area contributed by atoms with Crippen molar-refractivity contribution in [1.29, 1.82) is 0 Å². The third kappa shape index (κ3) is 6.42. The number of ether oxygens (including phenoxy) is 1. The van der Waals surface area contributed by atoms with Crippen molar-refractivity contribution < 1.29 is 23.1 Å². The smallest absolute Gasteiger partial charge is 0.387 e. The Hall–Kier alpha value is -2.67. The Bertz CT molecular complexity index is 844. The van der Waals surface area contributed by atoms with Crippen LogP contribution in [0.5, 0.6) is 5.75 Å². The lowest BCUT2D eigenvalue weighted by molar-refractivity contribution is -0.133. The fourth-order valence-electron chi connectivity index (χ4n) is 2.74. The van der Waals surface area contributed by atoms with Crippen molar-refractivity contribution in [3.8, 4) is 5.75 Å². The quantitative estimate of drug-likeness (QED) is 0.685. The molecular weight excluding hydrogens is 402 g/mol. The maximum absolute atomic E-state index is 12.9. The molecule has 1 N–H and O–H groups in total. The molecule has 0 aliphatic carbocycles. The van der Waals surface area contributed by atoms with Gasteiger partial charge in [0, 0.05) is 13.6 Å². The molecule has 5 nitrogen and oxygen atoms in total. The number of benzene rings is 2. The van der Waals surface area contributed by atoms with E-state index in [0.717, 1.165) is 5.56 Å². The molecule has 0 aliphatic rings. The van der Waals surface area contributed by atoms with Gasteiger partial charge in [-0.1, -0.05) is 49.7 Å². The summed E-state index contributed by atoms with van der Waals surface area (Å²) in [5, 5.41) is 3.06. The molecule has 0 bridgehead atoms. The molecule has 29 heavy (non-hydrogen) atoms. The van der Waals surface area contributed by atoms with Crippen molar-refractivity contribution in [2.45, 2.75) is 33.0 Å². The minimum Gasteiger partial charge on any atom is -0.435 e. The topological polar surface area (TPSA) is 58.6 Å². The molecular formula is C21H23ClF2N2O3. The summed E-state index contributed by atoms with van der Waals surface area (Å²) in [6.45, 7) is 1.03. The summed E-state index contributed by atoms with van der Waals surface area (Å²) in [6.07, 6.45) is 0. The van der Waals surface area contributed by atoms with Gasteiger partial charge in [-0.2, -0.15) is 8.78 Å². The van der Waals surface area contributed by atoms with Crippen LogP contribution in [0.15, 0.2) is 48.5 Å². The minimum absolute atomic E-state index is 0.0461. The van der Waals surface area contributed by atoms with Gasteiger partial charge < -0.3 is 15.0 Å². The molecule has 2 aromatic rings. The second-order valence-corrected chi connectivity index (χ2v) is 7.30. The van der Waals surface area contributed by atoms with Crippen LogP contribution >= 0.6 is 11.6 Å². The number of amides is 2. The summed E-state index contributed by atoms with van der Waals surface area (Å²) in [5.41, 5.74) is 1.03. The fourth-order valence-corrected chi connectivity index (χ4v) is 2.96. The molecule has 0 aliphatic heterocycles. The van der Waals surface area contributed by atoms with Crippen LogP contribution < -0.4 is 10.1 Å². The number of carbonyl (C=O) groups is 2. The number of halogens is 3. The van der Waals surface area contributed by atoms with E-state index in [9.17, 15) is 18.4 Å². The monoisotopic (exact) mass is 424 g/mol. The second-order valence-electron chi connectivity index (χ2n) is 6.89. The molecule has 2 aromatic carbocycles. The van der Waals surface area contributed by atoms with Crippen LogP contribution in [0.1, 0.15) is 29.8 Å². The Morgan fingerprint density at radius 1 is 1.10 bits per heavy atom. The van der Waals surface area contributed by atoms with Gasteiger partial charge in [0.05, 0.1) is 10.6 Å². The SMILES string of the molecule is CC(C)C(NC(=O)c1ccccc1Cl)C(=O)N(C)Cc1ccc(OC(F)F)cc1. The lowest BCUT2D eigenvalue weighted by Gasteiger charge is -2.27. The van der Waals surface area contributed by atoms with Crippen molar-refractivity contribution in [3.63, 3.8) is 0 Å². The molecule has 0 fully saturated rings. The first kappa shape index (κ1) is 22.6. The zero-order chi connectivity index (χ0) is 21.6. The van der Waals surface area contributed by atoms with E-state index in [2.05, 4.69) is 10.1 Å². The molecule has 0 heterocycles. The molecule has 2 rings (SSSR count). The Balaban J connectivity index is 2.06. The second kappa shape index (κ2) is 10.2. The van der Waals surface area contributed by atoms with Gasteiger partial charge in [0.1, 0.15) is 11.8 Å². The molecule has 0 aromatic heterocycles.